The molecule has 0 bridgehead atoms. The van der Waals surface area contributed by atoms with E-state index in [9.17, 15) is 18.7 Å². The predicted molar refractivity (Wildman–Crippen MR) is 71.0 cm³/mol. The van der Waals surface area contributed by atoms with E-state index < -0.39 is 17.7 Å². The summed E-state index contributed by atoms with van der Waals surface area (Å²) in [6, 6.07) is 3.86. The Morgan fingerprint density at radius 2 is 2.25 bits per heavy atom. The number of nitrogens with zero attached hydrogens (tertiary/aromatic N) is 1. The van der Waals surface area contributed by atoms with Crippen molar-refractivity contribution >= 4 is 5.91 Å². The Bertz CT molecular complexity index is 491. The topological polar surface area (TPSA) is 40.5 Å². The average molecular weight is 283 g/mol. The van der Waals surface area contributed by atoms with Crippen LogP contribution in [0, 0.1) is 17.6 Å². The van der Waals surface area contributed by atoms with Crippen molar-refractivity contribution < 1.29 is 18.7 Å². The Kier molecular flexibility index (Phi) is 4.70. The second kappa shape index (κ2) is 6.31. The highest BCUT2D eigenvalue weighted by Gasteiger charge is 2.26. The maximum Gasteiger partial charge on any atom is 0.227 e. The van der Waals surface area contributed by atoms with Crippen molar-refractivity contribution in [2.24, 2.45) is 5.92 Å². The number of benzene rings is 1. The van der Waals surface area contributed by atoms with Gasteiger partial charge in [0.2, 0.25) is 5.91 Å². The second-order valence-electron chi connectivity index (χ2n) is 5.37. The summed E-state index contributed by atoms with van der Waals surface area (Å²) in [5.41, 5.74) is 0.0779. The van der Waals surface area contributed by atoms with E-state index in [1.807, 2.05) is 0 Å². The predicted octanol–water partition coefficient (Wildman–Crippen LogP) is 2.13. The van der Waals surface area contributed by atoms with Crippen molar-refractivity contribution in [1.82, 2.24) is 4.90 Å². The Morgan fingerprint density at radius 3 is 2.95 bits per heavy atom. The Morgan fingerprint density at radius 1 is 1.50 bits per heavy atom. The van der Waals surface area contributed by atoms with Gasteiger partial charge in [-0.15, -0.1) is 0 Å². The van der Waals surface area contributed by atoms with E-state index in [4.69, 9.17) is 0 Å². The van der Waals surface area contributed by atoms with Crippen molar-refractivity contribution in [3.05, 3.63) is 35.4 Å². The van der Waals surface area contributed by atoms with Gasteiger partial charge in [0, 0.05) is 24.6 Å². The van der Waals surface area contributed by atoms with E-state index in [0.29, 0.717) is 13.1 Å². The number of piperidine rings is 1. The number of likely N-dealkylation sites (tertiary alicyclic amines) is 1. The fourth-order valence-corrected chi connectivity index (χ4v) is 2.59. The van der Waals surface area contributed by atoms with Gasteiger partial charge in [0.15, 0.2) is 11.6 Å². The van der Waals surface area contributed by atoms with Crippen molar-refractivity contribution in [3.8, 4) is 0 Å². The number of rotatable bonds is 3. The van der Waals surface area contributed by atoms with E-state index in [1.54, 1.807) is 11.8 Å². The molecule has 1 heterocycles. The maximum absolute atomic E-state index is 13.5. The second-order valence-corrected chi connectivity index (χ2v) is 5.37. The van der Waals surface area contributed by atoms with Crippen LogP contribution in [0.1, 0.15) is 25.3 Å². The minimum Gasteiger partial charge on any atom is -0.393 e. The van der Waals surface area contributed by atoms with Gasteiger partial charge in [-0.1, -0.05) is 12.1 Å². The van der Waals surface area contributed by atoms with Crippen molar-refractivity contribution in [2.75, 3.05) is 13.1 Å². The van der Waals surface area contributed by atoms with Crippen LogP contribution in [0.15, 0.2) is 18.2 Å². The highest BCUT2D eigenvalue weighted by molar-refractivity contribution is 5.79. The number of carbonyl (C=O) groups excluding carboxylic acids is 1. The molecule has 3 nitrogen and oxygen atoms in total. The normalized spacial score (nSPS) is 20.8. The van der Waals surface area contributed by atoms with Crippen molar-refractivity contribution in [2.45, 2.75) is 32.3 Å². The van der Waals surface area contributed by atoms with Crippen LogP contribution in [0.2, 0.25) is 0 Å². The molecule has 20 heavy (non-hydrogen) atoms. The standard InChI is InChI=1S/C15H19F2NO2/c1-10(19)12-5-3-7-18(9-12)14(20)8-11-4-2-6-13(16)15(11)17/h2,4,6,10,12,19H,3,5,7-9H2,1H3. The molecule has 2 atom stereocenters. The first kappa shape index (κ1) is 14.9. The summed E-state index contributed by atoms with van der Waals surface area (Å²) in [4.78, 5) is 13.8. The van der Waals surface area contributed by atoms with E-state index in [2.05, 4.69) is 0 Å². The van der Waals surface area contributed by atoms with Gasteiger partial charge in [0.1, 0.15) is 0 Å². The summed E-state index contributed by atoms with van der Waals surface area (Å²) in [5, 5.41) is 9.60. The third-order valence-electron chi connectivity index (χ3n) is 3.87. The summed E-state index contributed by atoms with van der Waals surface area (Å²) in [5.74, 6) is -2.05. The number of amides is 1. The number of carbonyl (C=O) groups is 1. The van der Waals surface area contributed by atoms with Crippen LogP contribution >= 0.6 is 0 Å². The van der Waals surface area contributed by atoms with Gasteiger partial charge in [0.05, 0.1) is 12.5 Å². The molecule has 5 heteroatoms. The van der Waals surface area contributed by atoms with Gasteiger partial charge in [-0.25, -0.2) is 8.78 Å². The first-order chi connectivity index (χ1) is 9.49. The average Bonchev–Trinajstić information content (AvgIpc) is 2.44. The summed E-state index contributed by atoms with van der Waals surface area (Å²) in [6.45, 7) is 2.80. The molecule has 1 aliphatic heterocycles. The summed E-state index contributed by atoms with van der Waals surface area (Å²) < 4.78 is 26.7. The Hall–Kier alpha value is -1.49. The number of aliphatic hydroxyl groups excluding tert-OH is 1. The number of hydrogen-bond acceptors (Lipinski definition) is 2. The van der Waals surface area contributed by atoms with E-state index in [1.165, 1.54) is 12.1 Å². The third kappa shape index (κ3) is 3.33. The zero-order chi connectivity index (χ0) is 14.7. The Labute approximate surface area is 117 Å². The molecule has 110 valence electrons. The van der Waals surface area contributed by atoms with Gasteiger partial charge in [-0.3, -0.25) is 4.79 Å². The highest BCUT2D eigenvalue weighted by Crippen LogP contribution is 2.21. The van der Waals surface area contributed by atoms with Crippen LogP contribution in [-0.4, -0.2) is 35.1 Å². The zero-order valence-electron chi connectivity index (χ0n) is 11.5. The molecule has 0 aromatic heterocycles. The minimum absolute atomic E-state index is 0.0602. The molecule has 1 saturated heterocycles. The molecule has 1 aliphatic rings. The summed E-state index contributed by atoms with van der Waals surface area (Å²) in [6.07, 6.45) is 1.11. The summed E-state index contributed by atoms with van der Waals surface area (Å²) in [7, 11) is 0. The molecule has 1 aromatic carbocycles. The molecular weight excluding hydrogens is 264 g/mol. The van der Waals surface area contributed by atoms with Crippen LogP contribution in [-0.2, 0) is 11.2 Å². The van der Waals surface area contributed by atoms with Gasteiger partial charge < -0.3 is 10.0 Å². The Balaban J connectivity index is 2.03. The van der Waals surface area contributed by atoms with E-state index in [0.717, 1.165) is 18.9 Å². The largest absolute Gasteiger partial charge is 0.393 e. The molecule has 0 aliphatic carbocycles. The minimum atomic E-state index is -0.954. The summed E-state index contributed by atoms with van der Waals surface area (Å²) >= 11 is 0. The maximum atomic E-state index is 13.5. The molecular formula is C15H19F2NO2. The van der Waals surface area contributed by atoms with Gasteiger partial charge in [-0.2, -0.15) is 0 Å². The quantitative estimate of drug-likeness (QED) is 0.923. The molecule has 2 unspecified atom stereocenters. The molecule has 2 rings (SSSR count). The monoisotopic (exact) mass is 283 g/mol. The lowest BCUT2D eigenvalue weighted by Crippen LogP contribution is -2.43. The first-order valence-corrected chi connectivity index (χ1v) is 6.87. The van der Waals surface area contributed by atoms with Crippen molar-refractivity contribution in [3.63, 3.8) is 0 Å². The van der Waals surface area contributed by atoms with Gasteiger partial charge in [-0.05, 0) is 25.8 Å². The third-order valence-corrected chi connectivity index (χ3v) is 3.87. The van der Waals surface area contributed by atoms with Gasteiger partial charge in [0.25, 0.3) is 0 Å². The number of hydrogen-bond donors (Lipinski definition) is 1. The lowest BCUT2D eigenvalue weighted by molar-refractivity contribution is -0.133. The molecule has 1 N–H and O–H groups in total. The van der Waals surface area contributed by atoms with Crippen LogP contribution in [0.25, 0.3) is 0 Å². The fraction of sp³-hybridized carbons (Fsp3) is 0.533. The highest BCUT2D eigenvalue weighted by atomic mass is 19.2. The lowest BCUT2D eigenvalue weighted by atomic mass is 9.93. The van der Waals surface area contributed by atoms with E-state index >= 15 is 0 Å². The van der Waals surface area contributed by atoms with Crippen molar-refractivity contribution in [1.29, 1.82) is 0 Å². The zero-order valence-corrected chi connectivity index (χ0v) is 11.5. The number of halogens is 2. The van der Waals surface area contributed by atoms with E-state index in [-0.39, 0.29) is 23.8 Å². The molecule has 1 amide bonds. The fourth-order valence-electron chi connectivity index (χ4n) is 2.59. The molecule has 1 fully saturated rings. The smallest absolute Gasteiger partial charge is 0.227 e. The van der Waals surface area contributed by atoms with Gasteiger partial charge >= 0.3 is 0 Å². The van der Waals surface area contributed by atoms with Crippen LogP contribution < -0.4 is 0 Å². The number of aliphatic hydroxyl groups is 1. The molecule has 0 spiro atoms. The van der Waals surface area contributed by atoms with Crippen LogP contribution in [0.4, 0.5) is 8.78 Å². The SMILES string of the molecule is CC(O)C1CCCN(C(=O)Cc2cccc(F)c2F)C1. The molecule has 0 radical (unpaired) electrons. The van der Waals surface area contributed by atoms with Crippen LogP contribution in [0.3, 0.4) is 0 Å². The lowest BCUT2D eigenvalue weighted by Gasteiger charge is -2.34. The molecule has 1 aromatic rings. The molecule has 0 saturated carbocycles. The van der Waals surface area contributed by atoms with Crippen LogP contribution in [0.5, 0.6) is 0 Å². The first-order valence-electron chi connectivity index (χ1n) is 6.87.